The second kappa shape index (κ2) is 13.5. The maximum absolute atomic E-state index is 12.8. The Hall–Kier alpha value is -2.05. The Morgan fingerprint density at radius 1 is 1.09 bits per heavy atom. The highest BCUT2D eigenvalue weighted by Gasteiger charge is 2.32. The topological polar surface area (TPSA) is 58.9 Å². The number of methoxy groups -OCH3 is 1. The van der Waals surface area contributed by atoms with E-state index in [0.29, 0.717) is 24.7 Å². The predicted octanol–water partition coefficient (Wildman–Crippen LogP) is 7.18. The van der Waals surface area contributed by atoms with Crippen LogP contribution in [0, 0.1) is 11.8 Å². The molecule has 0 saturated heterocycles. The van der Waals surface area contributed by atoms with Crippen molar-refractivity contribution >= 4 is 11.7 Å². The first-order valence-electron chi connectivity index (χ1n) is 11.8. The van der Waals surface area contributed by atoms with E-state index in [1.54, 1.807) is 6.07 Å². The first-order valence-corrected chi connectivity index (χ1v) is 11.8. The molecule has 0 spiro atoms. The lowest BCUT2D eigenvalue weighted by atomic mass is 9.86. The fraction of sp³-hybridized carbons (Fsp3) is 0.680. The van der Waals surface area contributed by atoms with Gasteiger partial charge in [-0.05, 0) is 62.5 Å². The number of rotatable bonds is 13. The normalized spacial score (nSPS) is 20.1. The van der Waals surface area contributed by atoms with E-state index in [2.05, 4.69) is 9.89 Å². The first-order chi connectivity index (χ1) is 15.3. The molecule has 4 nitrogen and oxygen atoms in total. The summed E-state index contributed by atoms with van der Waals surface area (Å²) in [4.78, 5) is 11.1. The second-order valence-corrected chi connectivity index (χ2v) is 8.82. The molecule has 0 aliphatic heterocycles. The molecule has 180 valence electrons. The highest BCUT2D eigenvalue weighted by molar-refractivity contribution is 5.88. The molecule has 2 atom stereocenters. The molecule has 1 N–H and O–H groups in total. The molecule has 1 saturated carbocycles. The lowest BCUT2D eigenvalue weighted by Gasteiger charge is -2.19. The van der Waals surface area contributed by atoms with Gasteiger partial charge in [-0.3, -0.25) is 4.79 Å². The van der Waals surface area contributed by atoms with Crippen LogP contribution in [0.15, 0.2) is 29.4 Å². The Balaban J connectivity index is 1.68. The molecule has 1 aliphatic rings. The third-order valence-corrected chi connectivity index (χ3v) is 6.57. The molecule has 1 fully saturated rings. The molecule has 2 rings (SSSR count). The van der Waals surface area contributed by atoms with Gasteiger partial charge in [0.15, 0.2) is 0 Å². The average Bonchev–Trinajstić information content (AvgIpc) is 3.17. The summed E-state index contributed by atoms with van der Waals surface area (Å²) in [6, 6.07) is 5.58. The molecule has 7 heteroatoms. The Morgan fingerprint density at radius 2 is 1.81 bits per heavy atom. The molecule has 0 radical (unpaired) electrons. The predicted molar refractivity (Wildman–Crippen MR) is 119 cm³/mol. The minimum absolute atomic E-state index is 0.155. The zero-order chi connectivity index (χ0) is 23.4. The molecule has 32 heavy (non-hydrogen) atoms. The van der Waals surface area contributed by atoms with Crippen LogP contribution in [0.3, 0.4) is 0 Å². The summed E-state index contributed by atoms with van der Waals surface area (Å²) in [7, 11) is 1.41. The van der Waals surface area contributed by atoms with E-state index in [0.717, 1.165) is 88.0 Å². The van der Waals surface area contributed by atoms with Gasteiger partial charge < -0.3 is 9.94 Å². The molecular weight excluding hydrogens is 419 g/mol. The van der Waals surface area contributed by atoms with Gasteiger partial charge in [0.2, 0.25) is 0 Å². The van der Waals surface area contributed by atoms with Crippen molar-refractivity contribution in [2.45, 2.75) is 89.6 Å². The van der Waals surface area contributed by atoms with Crippen LogP contribution >= 0.6 is 0 Å². The lowest BCUT2D eigenvalue weighted by Crippen LogP contribution is -2.15. The average molecular weight is 456 g/mol. The molecule has 1 aliphatic carbocycles. The van der Waals surface area contributed by atoms with Crippen LogP contribution in [0.25, 0.3) is 0 Å². The summed E-state index contributed by atoms with van der Waals surface area (Å²) >= 11 is 0. The Morgan fingerprint density at radius 3 is 2.53 bits per heavy atom. The number of alkyl halides is 3. The van der Waals surface area contributed by atoms with Gasteiger partial charge in [0.25, 0.3) is 0 Å². The molecule has 1 unspecified atom stereocenters. The molecule has 0 heterocycles. The number of carbonyl (C=O) groups excluding carboxylic acids is 1. The van der Waals surface area contributed by atoms with Crippen molar-refractivity contribution in [2.75, 3.05) is 7.11 Å². The zero-order valence-corrected chi connectivity index (χ0v) is 19.0. The summed E-state index contributed by atoms with van der Waals surface area (Å²) in [5.74, 6) is 0.686. The number of esters is 1. The van der Waals surface area contributed by atoms with Gasteiger partial charge >= 0.3 is 12.1 Å². The van der Waals surface area contributed by atoms with Crippen LogP contribution in [-0.4, -0.2) is 24.0 Å². The van der Waals surface area contributed by atoms with Gasteiger partial charge in [0.05, 0.1) is 18.4 Å². The molecule has 1 aromatic rings. The Labute approximate surface area is 189 Å². The van der Waals surface area contributed by atoms with E-state index in [1.165, 1.54) is 19.2 Å². The number of benzene rings is 1. The van der Waals surface area contributed by atoms with Gasteiger partial charge in [-0.2, -0.15) is 13.2 Å². The Kier molecular flexibility index (Phi) is 11.0. The number of halogens is 3. The van der Waals surface area contributed by atoms with Gasteiger partial charge in [-0.1, -0.05) is 55.5 Å². The minimum atomic E-state index is -4.30. The van der Waals surface area contributed by atoms with E-state index in [-0.39, 0.29) is 5.97 Å². The molecule has 0 amide bonds. The number of unbranched alkanes of at least 4 members (excludes halogenated alkanes) is 5. The summed E-state index contributed by atoms with van der Waals surface area (Å²) < 4.78 is 43.2. The number of hydrogen-bond acceptors (Lipinski definition) is 4. The fourth-order valence-corrected chi connectivity index (χ4v) is 4.77. The molecular formula is C25H36F3NO3. The van der Waals surface area contributed by atoms with E-state index in [4.69, 9.17) is 0 Å². The first kappa shape index (κ1) is 26.2. The highest BCUT2D eigenvalue weighted by atomic mass is 19.4. The summed E-state index contributed by atoms with van der Waals surface area (Å²) in [5, 5.41) is 12.9. The Bertz CT molecular complexity index is 733. The van der Waals surface area contributed by atoms with Crippen molar-refractivity contribution in [3.8, 4) is 0 Å². The van der Waals surface area contributed by atoms with E-state index in [1.807, 2.05) is 0 Å². The van der Waals surface area contributed by atoms with Crippen molar-refractivity contribution in [1.82, 2.24) is 0 Å². The lowest BCUT2D eigenvalue weighted by molar-refractivity contribution is -0.140. The van der Waals surface area contributed by atoms with Crippen LogP contribution in [0.1, 0.15) is 88.2 Å². The molecule has 1 aromatic carbocycles. The van der Waals surface area contributed by atoms with Crippen molar-refractivity contribution < 1.29 is 27.9 Å². The zero-order valence-electron chi connectivity index (χ0n) is 19.0. The minimum Gasteiger partial charge on any atom is -0.469 e. The summed E-state index contributed by atoms with van der Waals surface area (Å²) in [6.45, 7) is 0. The molecule has 0 bridgehead atoms. The van der Waals surface area contributed by atoms with Gasteiger partial charge in [0.1, 0.15) is 0 Å². The van der Waals surface area contributed by atoms with Crippen LogP contribution in [0.2, 0.25) is 0 Å². The highest BCUT2D eigenvalue weighted by Crippen LogP contribution is 2.37. The van der Waals surface area contributed by atoms with Crippen molar-refractivity contribution in [3.05, 3.63) is 35.4 Å². The number of aryl methyl sites for hydroxylation is 1. The second-order valence-electron chi connectivity index (χ2n) is 8.82. The number of ether oxygens (including phenoxy) is 1. The van der Waals surface area contributed by atoms with Crippen LogP contribution in [-0.2, 0) is 22.1 Å². The third kappa shape index (κ3) is 8.83. The van der Waals surface area contributed by atoms with E-state index in [9.17, 15) is 23.2 Å². The quantitative estimate of drug-likeness (QED) is 0.148. The number of nitrogens with zero attached hydrogens (tertiary/aromatic N) is 1. The van der Waals surface area contributed by atoms with Crippen molar-refractivity contribution in [2.24, 2.45) is 17.0 Å². The van der Waals surface area contributed by atoms with Gasteiger partial charge in [0, 0.05) is 12.3 Å². The molecule has 0 aromatic heterocycles. The van der Waals surface area contributed by atoms with Crippen LogP contribution in [0.4, 0.5) is 13.2 Å². The number of hydrogen-bond donors (Lipinski definition) is 1. The SMILES string of the molecule is COC(=O)CCCCCC[C@H]1CC/C(=N/O)C1CCCCCc1cccc(C(F)(F)F)c1. The van der Waals surface area contributed by atoms with Crippen molar-refractivity contribution in [1.29, 1.82) is 0 Å². The van der Waals surface area contributed by atoms with E-state index < -0.39 is 11.7 Å². The standard InChI is InChI=1S/C25H36F3NO3/c1-32-24(30)15-8-3-2-6-12-20-16-17-23(29-31)22(20)14-7-4-5-10-19-11-9-13-21(18-19)25(26,27)28/h9,11,13,18,20,22,31H,2-8,10,12,14-17H2,1H3/b29-23-/t20-,22?/m0/s1. The third-order valence-electron chi connectivity index (χ3n) is 6.57. The monoisotopic (exact) mass is 455 g/mol. The van der Waals surface area contributed by atoms with E-state index >= 15 is 0 Å². The largest absolute Gasteiger partial charge is 0.469 e. The fourth-order valence-electron chi connectivity index (χ4n) is 4.77. The maximum atomic E-state index is 12.8. The van der Waals surface area contributed by atoms with Crippen molar-refractivity contribution in [3.63, 3.8) is 0 Å². The number of oxime groups is 1. The smallest absolute Gasteiger partial charge is 0.416 e. The summed E-state index contributed by atoms with van der Waals surface area (Å²) in [6.07, 6.45) is 7.65. The summed E-state index contributed by atoms with van der Waals surface area (Å²) in [5.41, 5.74) is 1.04. The van der Waals surface area contributed by atoms with Crippen LogP contribution in [0.5, 0.6) is 0 Å². The maximum Gasteiger partial charge on any atom is 0.416 e. The van der Waals surface area contributed by atoms with Crippen LogP contribution < -0.4 is 0 Å². The van der Waals surface area contributed by atoms with Gasteiger partial charge in [-0.15, -0.1) is 0 Å². The number of carbonyl (C=O) groups is 1. The van der Waals surface area contributed by atoms with Gasteiger partial charge in [-0.25, -0.2) is 0 Å².